The maximum atomic E-state index is 11.6. The summed E-state index contributed by atoms with van der Waals surface area (Å²) < 4.78 is 31.8. The van der Waals surface area contributed by atoms with E-state index in [1.165, 1.54) is 6.92 Å². The Morgan fingerprint density at radius 3 is 1.97 bits per heavy atom. The van der Waals surface area contributed by atoms with E-state index in [1.54, 1.807) is 0 Å². The third kappa shape index (κ3) is 8.39. The summed E-state index contributed by atoms with van der Waals surface area (Å²) in [5, 5.41) is 2.71. The smallest absolute Gasteiger partial charge is 0.303 e. The Balaban J connectivity index is 3.19. The number of rotatable bonds is 10. The van der Waals surface area contributed by atoms with Crippen LogP contribution in [0.25, 0.3) is 5.53 Å². The highest BCUT2D eigenvalue weighted by molar-refractivity contribution is 5.68. The lowest BCUT2D eigenvalue weighted by atomic mass is 9.98. The van der Waals surface area contributed by atoms with Crippen molar-refractivity contribution in [2.24, 2.45) is 5.22 Å². The molecule has 1 rings (SSSR count). The van der Waals surface area contributed by atoms with Crippen molar-refractivity contribution in [2.45, 2.75) is 58.4 Å². The molecule has 29 heavy (non-hydrogen) atoms. The van der Waals surface area contributed by atoms with E-state index < -0.39 is 54.6 Å². The second-order valence-electron chi connectivity index (χ2n) is 5.95. The van der Waals surface area contributed by atoms with Crippen LogP contribution < -0.4 is 5.43 Å². The zero-order chi connectivity index (χ0) is 22.0. The summed E-state index contributed by atoms with van der Waals surface area (Å²) in [4.78, 5) is 46.0. The highest BCUT2D eigenvalue weighted by atomic mass is 16.7. The number of esters is 4. The molecule has 1 saturated heterocycles. The van der Waals surface area contributed by atoms with Gasteiger partial charge in [0.2, 0.25) is 0 Å². The molecule has 0 spiro atoms. The standard InChI is InChI=1S/C16H24N3O10/c1-8(20)25-7-12-13(26-9(2)21)14(27-10(3)22)15(28-11(4)23)16(29-12)24-6-5-18-19-17/h12-16H,5-7H2,1-4H3,(H-,17,18)/q-1/t12-,13-,14+,15-,16-/m0/s1. The summed E-state index contributed by atoms with van der Waals surface area (Å²) >= 11 is 0. The molecule has 0 unspecified atom stereocenters. The molecule has 1 fully saturated rings. The fraction of sp³-hybridized carbons (Fsp3) is 0.750. The van der Waals surface area contributed by atoms with Gasteiger partial charge in [0.1, 0.15) is 12.7 Å². The van der Waals surface area contributed by atoms with Crippen LogP contribution in [-0.4, -0.2) is 74.3 Å². The van der Waals surface area contributed by atoms with Gasteiger partial charge in [0, 0.05) is 27.7 Å². The molecular formula is C16H24N3O10-. The molecule has 0 amide bonds. The fourth-order valence-corrected chi connectivity index (χ4v) is 2.59. The molecule has 0 aromatic rings. The van der Waals surface area contributed by atoms with Crippen LogP contribution in [0, 0.1) is 0 Å². The molecule has 1 N–H and O–H groups in total. The van der Waals surface area contributed by atoms with Crippen LogP contribution in [0.1, 0.15) is 27.7 Å². The highest BCUT2D eigenvalue weighted by Crippen LogP contribution is 2.29. The predicted octanol–water partition coefficient (Wildman–Crippen LogP) is -0.388. The fourth-order valence-electron chi connectivity index (χ4n) is 2.59. The van der Waals surface area contributed by atoms with Crippen LogP contribution in [-0.2, 0) is 47.6 Å². The Morgan fingerprint density at radius 2 is 1.45 bits per heavy atom. The molecule has 164 valence electrons. The molecule has 1 aliphatic heterocycles. The molecule has 0 radical (unpaired) electrons. The first-order valence-electron chi connectivity index (χ1n) is 8.64. The number of ether oxygens (including phenoxy) is 6. The molecule has 1 aliphatic rings. The van der Waals surface area contributed by atoms with E-state index >= 15 is 0 Å². The van der Waals surface area contributed by atoms with Crippen LogP contribution in [0.4, 0.5) is 0 Å². The normalized spacial score (nSPS) is 26.0. The summed E-state index contributed by atoms with van der Waals surface area (Å²) in [6.45, 7) is 4.21. The molecule has 5 atom stereocenters. The van der Waals surface area contributed by atoms with Crippen LogP contribution in [0.2, 0.25) is 0 Å². The van der Waals surface area contributed by atoms with Gasteiger partial charge in [-0.15, -0.1) is 0 Å². The van der Waals surface area contributed by atoms with E-state index in [2.05, 4.69) is 10.6 Å². The van der Waals surface area contributed by atoms with Gasteiger partial charge in [-0.25, -0.2) is 0 Å². The first kappa shape index (κ1) is 24.2. The zero-order valence-electron chi connectivity index (χ0n) is 16.5. The molecule has 1 heterocycles. The van der Waals surface area contributed by atoms with E-state index in [1.807, 2.05) is 0 Å². The zero-order valence-corrected chi connectivity index (χ0v) is 16.5. The third-order valence-electron chi connectivity index (χ3n) is 3.51. The van der Waals surface area contributed by atoms with Gasteiger partial charge in [0.15, 0.2) is 24.6 Å². The molecule has 0 bridgehead atoms. The van der Waals surface area contributed by atoms with Crippen LogP contribution in [0.5, 0.6) is 0 Å². The molecule has 0 saturated carbocycles. The number of hydrogen-bond acceptors (Lipinski definition) is 11. The minimum absolute atomic E-state index is 0.0577. The Morgan fingerprint density at radius 1 is 0.897 bits per heavy atom. The first-order valence-corrected chi connectivity index (χ1v) is 8.64. The van der Waals surface area contributed by atoms with Gasteiger partial charge >= 0.3 is 23.9 Å². The van der Waals surface area contributed by atoms with Crippen molar-refractivity contribution >= 4 is 23.9 Å². The van der Waals surface area contributed by atoms with E-state index in [9.17, 15) is 19.2 Å². The number of nitrogens with zero attached hydrogens (tertiary/aromatic N) is 2. The minimum atomic E-state index is -1.30. The van der Waals surface area contributed by atoms with Gasteiger partial charge in [-0.1, -0.05) is 0 Å². The molecule has 0 aliphatic carbocycles. The van der Waals surface area contributed by atoms with Crippen molar-refractivity contribution in [1.82, 2.24) is 5.43 Å². The van der Waals surface area contributed by atoms with Gasteiger partial charge in [-0.2, -0.15) is 0 Å². The molecule has 0 aromatic carbocycles. The number of carbonyl (C=O) groups excluding carboxylic acids is 4. The van der Waals surface area contributed by atoms with Gasteiger partial charge in [0.25, 0.3) is 0 Å². The van der Waals surface area contributed by atoms with Crippen LogP contribution in [0.15, 0.2) is 5.22 Å². The predicted molar refractivity (Wildman–Crippen MR) is 91.7 cm³/mol. The molecular weight excluding hydrogens is 394 g/mol. The summed E-state index contributed by atoms with van der Waals surface area (Å²) in [6.07, 6.45) is -6.18. The maximum absolute atomic E-state index is 11.6. The van der Waals surface area contributed by atoms with Crippen molar-refractivity contribution in [3.05, 3.63) is 5.53 Å². The summed E-state index contributed by atoms with van der Waals surface area (Å²) in [5.41, 5.74) is 10.6. The maximum Gasteiger partial charge on any atom is 0.303 e. The second kappa shape index (κ2) is 11.9. The van der Waals surface area contributed by atoms with Crippen molar-refractivity contribution in [1.29, 1.82) is 0 Å². The lowest BCUT2D eigenvalue weighted by molar-refractivity contribution is -0.307. The van der Waals surface area contributed by atoms with Crippen molar-refractivity contribution < 1.29 is 47.6 Å². The number of hydrogen-bond donors (Lipinski definition) is 1. The average molecular weight is 418 g/mol. The average Bonchev–Trinajstić information content (AvgIpc) is 2.60. The summed E-state index contributed by atoms with van der Waals surface area (Å²) in [5.74, 6) is -2.81. The topological polar surface area (TPSA) is 170 Å². The van der Waals surface area contributed by atoms with Gasteiger partial charge in [0.05, 0.1) is 6.61 Å². The minimum Gasteiger partial charge on any atom is -0.463 e. The third-order valence-corrected chi connectivity index (χ3v) is 3.51. The SMILES string of the molecule is CC(=O)OC[C@@H]1O[C@H](OCCNN=[N-])[C@@H](OC(C)=O)[C@H](OC(C)=O)[C@H]1OC(C)=O. The molecule has 13 nitrogen and oxygen atoms in total. The van der Waals surface area contributed by atoms with Gasteiger partial charge in [-0.3, -0.25) is 24.4 Å². The van der Waals surface area contributed by atoms with E-state index in [0.29, 0.717) is 0 Å². The van der Waals surface area contributed by atoms with Crippen molar-refractivity contribution in [3.8, 4) is 0 Å². The van der Waals surface area contributed by atoms with Crippen LogP contribution >= 0.6 is 0 Å². The Bertz CT molecular complexity index is 614. The quantitative estimate of drug-likeness (QED) is 0.161. The van der Waals surface area contributed by atoms with E-state index in [0.717, 1.165) is 20.8 Å². The Labute approximate surface area is 166 Å². The number of nitrogens with one attached hydrogen (secondary N) is 1. The molecule has 13 heteroatoms. The second-order valence-corrected chi connectivity index (χ2v) is 5.95. The first-order chi connectivity index (χ1) is 13.6. The van der Waals surface area contributed by atoms with Crippen molar-refractivity contribution in [2.75, 3.05) is 19.8 Å². The molecule has 0 aromatic heterocycles. The van der Waals surface area contributed by atoms with E-state index in [-0.39, 0.29) is 19.8 Å². The largest absolute Gasteiger partial charge is 0.463 e. The van der Waals surface area contributed by atoms with Crippen LogP contribution in [0.3, 0.4) is 0 Å². The summed E-state index contributed by atoms with van der Waals surface area (Å²) in [6, 6.07) is 0. The van der Waals surface area contributed by atoms with Gasteiger partial charge in [-0.05, 0) is 6.54 Å². The highest BCUT2D eigenvalue weighted by Gasteiger charge is 2.52. The Hall–Kier alpha value is -2.80. The van der Waals surface area contributed by atoms with Crippen molar-refractivity contribution in [3.63, 3.8) is 0 Å². The summed E-state index contributed by atoms with van der Waals surface area (Å²) in [7, 11) is 0. The van der Waals surface area contributed by atoms with E-state index in [4.69, 9.17) is 34.0 Å². The lowest BCUT2D eigenvalue weighted by Gasteiger charge is -2.44. The monoisotopic (exact) mass is 418 g/mol. The lowest BCUT2D eigenvalue weighted by Crippen LogP contribution is -2.63. The van der Waals surface area contributed by atoms with Gasteiger partial charge < -0.3 is 39.4 Å². The Kier molecular flexibility index (Phi) is 9.96. The number of carbonyl (C=O) groups is 4.